The first-order valence-corrected chi connectivity index (χ1v) is 1.98. The average Bonchev–Trinajstić information content (AvgIpc) is 1.62. The van der Waals surface area contributed by atoms with E-state index in [1.54, 1.807) is 0 Å². The first-order valence-electron chi connectivity index (χ1n) is 1.98. The van der Waals surface area contributed by atoms with Gasteiger partial charge in [-0.05, 0) is 0 Å². The van der Waals surface area contributed by atoms with Crippen LogP contribution in [0.15, 0.2) is 12.2 Å². The van der Waals surface area contributed by atoms with Gasteiger partial charge in [0.25, 0.3) is 0 Å². The average molecular weight is 137 g/mol. The molecule has 0 aliphatic carbocycles. The van der Waals surface area contributed by atoms with Crippen LogP contribution in [-0.2, 0) is 4.79 Å². The highest BCUT2D eigenvalue weighted by atomic mass is 19.4. The van der Waals surface area contributed by atoms with Gasteiger partial charge in [0.15, 0.2) is 5.78 Å². The van der Waals surface area contributed by atoms with Crippen LogP contribution in [0.4, 0.5) is 13.2 Å². The summed E-state index contributed by atoms with van der Waals surface area (Å²) in [5.74, 6) is -1.29. The first kappa shape index (κ1) is 8.20. The SMILES string of the molecule is [CH2]C(=O)C(=C)C(F)(F)F. The van der Waals surface area contributed by atoms with Gasteiger partial charge in [-0.25, -0.2) is 0 Å². The van der Waals surface area contributed by atoms with Crippen LogP contribution in [0.2, 0.25) is 0 Å². The van der Waals surface area contributed by atoms with Gasteiger partial charge >= 0.3 is 6.18 Å². The molecule has 0 aromatic carbocycles. The molecule has 0 aliphatic heterocycles. The van der Waals surface area contributed by atoms with Crippen molar-refractivity contribution in [2.24, 2.45) is 0 Å². The van der Waals surface area contributed by atoms with E-state index >= 15 is 0 Å². The summed E-state index contributed by atoms with van der Waals surface area (Å²) >= 11 is 0. The second-order valence-corrected chi connectivity index (χ2v) is 1.40. The van der Waals surface area contributed by atoms with E-state index in [2.05, 4.69) is 13.5 Å². The number of halogens is 3. The van der Waals surface area contributed by atoms with Gasteiger partial charge < -0.3 is 0 Å². The number of ketones is 1. The third-order valence-corrected chi connectivity index (χ3v) is 0.679. The Kier molecular flexibility index (Phi) is 2.01. The Morgan fingerprint density at radius 1 is 1.33 bits per heavy atom. The van der Waals surface area contributed by atoms with Crippen molar-refractivity contribution in [3.63, 3.8) is 0 Å². The fourth-order valence-corrected chi connectivity index (χ4v) is 0.158. The third-order valence-electron chi connectivity index (χ3n) is 0.679. The second-order valence-electron chi connectivity index (χ2n) is 1.40. The summed E-state index contributed by atoms with van der Waals surface area (Å²) in [6, 6.07) is 0. The quantitative estimate of drug-likeness (QED) is 0.500. The van der Waals surface area contributed by atoms with Crippen LogP contribution in [0.3, 0.4) is 0 Å². The molecule has 0 saturated carbocycles. The predicted octanol–water partition coefficient (Wildman–Crippen LogP) is 1.51. The van der Waals surface area contributed by atoms with Gasteiger partial charge in [0.05, 0.1) is 5.57 Å². The van der Waals surface area contributed by atoms with Gasteiger partial charge in [-0.15, -0.1) is 0 Å². The van der Waals surface area contributed by atoms with Gasteiger partial charge in [-0.2, -0.15) is 13.2 Å². The lowest BCUT2D eigenvalue weighted by Crippen LogP contribution is -2.16. The van der Waals surface area contributed by atoms with Crippen molar-refractivity contribution >= 4 is 5.78 Å². The summed E-state index contributed by atoms with van der Waals surface area (Å²) in [6.45, 7) is 5.03. The third kappa shape index (κ3) is 2.30. The molecule has 1 nitrogen and oxygen atoms in total. The topological polar surface area (TPSA) is 17.1 Å². The van der Waals surface area contributed by atoms with Gasteiger partial charge in [-0.3, -0.25) is 4.79 Å². The van der Waals surface area contributed by atoms with E-state index in [4.69, 9.17) is 0 Å². The molecule has 0 heterocycles. The Morgan fingerprint density at radius 2 is 1.67 bits per heavy atom. The fraction of sp³-hybridized carbons (Fsp3) is 0.200. The van der Waals surface area contributed by atoms with Crippen molar-refractivity contribution in [3.05, 3.63) is 19.1 Å². The number of alkyl halides is 3. The molecule has 0 aromatic heterocycles. The van der Waals surface area contributed by atoms with Crippen LogP contribution in [-0.4, -0.2) is 12.0 Å². The molecule has 0 amide bonds. The number of carbonyl (C=O) groups excluding carboxylic acids is 1. The van der Waals surface area contributed by atoms with Crippen molar-refractivity contribution in [3.8, 4) is 0 Å². The van der Waals surface area contributed by atoms with E-state index in [1.165, 1.54) is 0 Å². The normalized spacial score (nSPS) is 11.1. The van der Waals surface area contributed by atoms with Crippen LogP contribution < -0.4 is 0 Å². The Morgan fingerprint density at radius 3 is 1.67 bits per heavy atom. The lowest BCUT2D eigenvalue weighted by Gasteiger charge is -2.04. The molecule has 0 spiro atoms. The number of rotatable bonds is 1. The van der Waals surface area contributed by atoms with E-state index in [1.807, 2.05) is 0 Å². The summed E-state index contributed by atoms with van der Waals surface area (Å²) in [5.41, 5.74) is -1.41. The Balaban J connectivity index is 4.23. The van der Waals surface area contributed by atoms with Gasteiger partial charge in [0.1, 0.15) is 0 Å². The van der Waals surface area contributed by atoms with Crippen LogP contribution in [0.1, 0.15) is 0 Å². The zero-order chi connectivity index (χ0) is 7.65. The fourth-order valence-electron chi connectivity index (χ4n) is 0.158. The van der Waals surface area contributed by atoms with Gasteiger partial charge in [0.2, 0.25) is 0 Å². The summed E-state index contributed by atoms with van der Waals surface area (Å²) < 4.78 is 34.0. The van der Waals surface area contributed by atoms with Crippen molar-refractivity contribution in [1.82, 2.24) is 0 Å². The highest BCUT2D eigenvalue weighted by Crippen LogP contribution is 2.23. The number of allylic oxidation sites excluding steroid dienone is 1. The Labute approximate surface area is 50.2 Å². The van der Waals surface area contributed by atoms with Crippen molar-refractivity contribution in [2.75, 3.05) is 0 Å². The highest BCUT2D eigenvalue weighted by Gasteiger charge is 2.34. The van der Waals surface area contributed by atoms with E-state index in [0.29, 0.717) is 0 Å². The van der Waals surface area contributed by atoms with Crippen LogP contribution in [0.5, 0.6) is 0 Å². The lowest BCUT2D eigenvalue weighted by molar-refractivity contribution is -0.125. The lowest BCUT2D eigenvalue weighted by atomic mass is 10.2. The highest BCUT2D eigenvalue weighted by molar-refractivity contribution is 5.99. The largest absolute Gasteiger partial charge is 0.419 e. The Bertz CT molecular complexity index is 145. The van der Waals surface area contributed by atoms with Gasteiger partial charge in [-0.1, -0.05) is 6.58 Å². The summed E-state index contributed by atoms with van der Waals surface area (Å²) in [7, 11) is 0. The molecule has 0 rings (SSSR count). The molecule has 4 heteroatoms. The number of hydrogen-bond acceptors (Lipinski definition) is 1. The molecule has 0 N–H and O–H groups in total. The van der Waals surface area contributed by atoms with E-state index in [9.17, 15) is 18.0 Å². The second kappa shape index (κ2) is 2.21. The number of carbonyl (C=O) groups is 1. The van der Waals surface area contributed by atoms with E-state index in [-0.39, 0.29) is 0 Å². The Hall–Kier alpha value is -0.800. The van der Waals surface area contributed by atoms with Crippen LogP contribution >= 0.6 is 0 Å². The van der Waals surface area contributed by atoms with Crippen molar-refractivity contribution < 1.29 is 18.0 Å². The maximum Gasteiger partial charge on any atom is 0.419 e. The molecule has 0 saturated heterocycles. The first-order chi connectivity index (χ1) is 3.85. The monoisotopic (exact) mass is 137 g/mol. The standard InChI is InChI=1S/C5H4F3O/c1-3(4(2)9)5(6,7)8/h1-2H2. The number of hydrogen-bond donors (Lipinski definition) is 0. The maximum atomic E-state index is 11.3. The molecule has 0 unspecified atom stereocenters. The maximum absolute atomic E-state index is 11.3. The van der Waals surface area contributed by atoms with Crippen LogP contribution in [0, 0.1) is 6.92 Å². The van der Waals surface area contributed by atoms with Crippen molar-refractivity contribution in [2.45, 2.75) is 6.18 Å². The smallest absolute Gasteiger partial charge is 0.294 e. The minimum Gasteiger partial charge on any atom is -0.294 e. The van der Waals surface area contributed by atoms with Gasteiger partial charge in [0, 0.05) is 6.92 Å². The molecule has 9 heavy (non-hydrogen) atoms. The molecule has 0 fully saturated rings. The molecule has 1 radical (unpaired) electrons. The molecule has 0 bridgehead atoms. The number of Topliss-reactive ketones (excluding diaryl/α,β-unsaturated/α-hetero) is 1. The summed E-state index contributed by atoms with van der Waals surface area (Å²) in [4.78, 5) is 9.86. The van der Waals surface area contributed by atoms with E-state index in [0.717, 1.165) is 0 Å². The molecule has 0 aromatic rings. The zero-order valence-electron chi connectivity index (χ0n) is 4.46. The zero-order valence-corrected chi connectivity index (χ0v) is 4.46. The van der Waals surface area contributed by atoms with Crippen LogP contribution in [0.25, 0.3) is 0 Å². The molecule has 0 aliphatic rings. The van der Waals surface area contributed by atoms with E-state index < -0.39 is 17.5 Å². The minimum absolute atomic E-state index is 1.29. The molecule has 51 valence electrons. The minimum atomic E-state index is -4.63. The predicted molar refractivity (Wildman–Crippen MR) is 25.6 cm³/mol. The molecular formula is C5H4F3O. The molecule has 0 atom stereocenters. The molecular weight excluding hydrogens is 133 g/mol. The van der Waals surface area contributed by atoms with Crippen molar-refractivity contribution in [1.29, 1.82) is 0 Å². The summed E-state index contributed by atoms with van der Waals surface area (Å²) in [5, 5.41) is 0. The summed E-state index contributed by atoms with van der Waals surface area (Å²) in [6.07, 6.45) is -4.63.